The maximum Gasteiger partial charge on any atom is 0.136 e. The minimum Gasteiger partial charge on any atom is -0.530 e. The molecular formula is C9H18NO2-. The molecule has 3 heteroatoms. The first kappa shape index (κ1) is 11.3. The van der Waals surface area contributed by atoms with Gasteiger partial charge in [-0.2, -0.15) is 0 Å². The van der Waals surface area contributed by atoms with Crippen molar-refractivity contribution in [2.45, 2.75) is 39.0 Å². The molecule has 0 radical (unpaired) electrons. The Balaban J connectivity index is 3.14. The number of hydrogen-bond donors (Lipinski definition) is 0. The number of amides is 1. The maximum absolute atomic E-state index is 10.2. The molecule has 1 amide bonds. The van der Waals surface area contributed by atoms with E-state index in [1.54, 1.807) is 7.05 Å². The second-order valence-corrected chi connectivity index (χ2v) is 3.10. The molecule has 0 N–H and O–H groups in total. The Bertz CT molecular complexity index is 126. The van der Waals surface area contributed by atoms with Gasteiger partial charge in [0.25, 0.3) is 0 Å². The lowest BCUT2D eigenvalue weighted by molar-refractivity contribution is -0.264. The Morgan fingerprint density at radius 3 is 2.33 bits per heavy atom. The highest BCUT2D eigenvalue weighted by Crippen LogP contribution is 2.02. The summed E-state index contributed by atoms with van der Waals surface area (Å²) in [6, 6.07) is 0. The fraction of sp³-hybridized carbons (Fsp3) is 0.889. The van der Waals surface area contributed by atoms with E-state index in [0.29, 0.717) is 6.54 Å². The molecule has 0 aliphatic carbocycles. The van der Waals surface area contributed by atoms with Crippen molar-refractivity contribution in [1.29, 1.82) is 0 Å². The van der Waals surface area contributed by atoms with Gasteiger partial charge in [-0.05, 0) is 6.42 Å². The Hall–Kier alpha value is -0.730. The molecule has 0 aliphatic heterocycles. The van der Waals surface area contributed by atoms with Crippen LogP contribution in [0.1, 0.15) is 39.0 Å². The average molecular weight is 172 g/mol. The van der Waals surface area contributed by atoms with Gasteiger partial charge in [0.2, 0.25) is 0 Å². The fourth-order valence-electron chi connectivity index (χ4n) is 1.04. The summed E-state index contributed by atoms with van der Waals surface area (Å²) in [5.74, 6) is 0. The Labute approximate surface area is 74.4 Å². The summed E-state index contributed by atoms with van der Waals surface area (Å²) in [7, 11) is 1.55. The van der Waals surface area contributed by atoms with Crippen LogP contribution >= 0.6 is 0 Å². The summed E-state index contributed by atoms with van der Waals surface area (Å²) in [6.45, 7) is 2.76. The molecular weight excluding hydrogens is 154 g/mol. The predicted molar refractivity (Wildman–Crippen MR) is 46.8 cm³/mol. The van der Waals surface area contributed by atoms with Gasteiger partial charge in [-0.25, -0.2) is 0 Å². The van der Waals surface area contributed by atoms with Crippen molar-refractivity contribution in [1.82, 2.24) is 4.90 Å². The summed E-state index contributed by atoms with van der Waals surface area (Å²) < 4.78 is 0. The van der Waals surface area contributed by atoms with Gasteiger partial charge in [-0.3, -0.25) is 0 Å². The van der Waals surface area contributed by atoms with Gasteiger partial charge in [0.15, 0.2) is 0 Å². The first-order chi connectivity index (χ1) is 5.68. The Morgan fingerprint density at radius 2 is 1.83 bits per heavy atom. The molecule has 0 aromatic carbocycles. The van der Waals surface area contributed by atoms with Gasteiger partial charge in [0.05, 0.1) is 0 Å². The van der Waals surface area contributed by atoms with Crippen molar-refractivity contribution in [3.05, 3.63) is 0 Å². The smallest absolute Gasteiger partial charge is 0.136 e. The van der Waals surface area contributed by atoms with Crippen LogP contribution in [-0.2, 0) is 0 Å². The van der Waals surface area contributed by atoms with Crippen LogP contribution in [0.2, 0.25) is 0 Å². The van der Waals surface area contributed by atoms with Crippen LogP contribution in [0.5, 0.6) is 0 Å². The second kappa shape index (κ2) is 6.95. The van der Waals surface area contributed by atoms with Crippen molar-refractivity contribution in [3.63, 3.8) is 0 Å². The number of unbranched alkanes of at least 4 members (excludes halogenated alkanes) is 4. The molecule has 0 spiro atoms. The topological polar surface area (TPSA) is 43.4 Å². The summed E-state index contributed by atoms with van der Waals surface area (Å²) in [5.41, 5.74) is 0. The Morgan fingerprint density at radius 1 is 1.25 bits per heavy atom. The number of rotatable bonds is 6. The van der Waals surface area contributed by atoms with Crippen LogP contribution in [0, 0.1) is 0 Å². The zero-order valence-corrected chi connectivity index (χ0v) is 8.01. The molecule has 72 valence electrons. The number of carbonyl (C=O) groups is 1. The average Bonchev–Trinajstić information content (AvgIpc) is 2.03. The van der Waals surface area contributed by atoms with Gasteiger partial charge >= 0.3 is 0 Å². The molecule has 0 saturated carbocycles. The minimum absolute atomic E-state index is 0.603. The van der Waals surface area contributed by atoms with Gasteiger partial charge < -0.3 is 14.8 Å². The third-order valence-corrected chi connectivity index (χ3v) is 1.91. The molecule has 0 rings (SSSR count). The molecule has 3 nitrogen and oxygen atoms in total. The molecule has 0 atom stereocenters. The van der Waals surface area contributed by atoms with E-state index < -0.39 is 6.09 Å². The quantitative estimate of drug-likeness (QED) is 0.565. The van der Waals surface area contributed by atoms with Crippen molar-refractivity contribution in [3.8, 4) is 0 Å². The van der Waals surface area contributed by atoms with Gasteiger partial charge in [0, 0.05) is 13.6 Å². The summed E-state index contributed by atoms with van der Waals surface area (Å²) in [6.07, 6.45) is 4.66. The van der Waals surface area contributed by atoms with Crippen LogP contribution in [0.25, 0.3) is 0 Å². The molecule has 0 unspecified atom stereocenters. The molecule has 0 bridgehead atoms. The third-order valence-electron chi connectivity index (χ3n) is 1.91. The largest absolute Gasteiger partial charge is 0.530 e. The zero-order valence-electron chi connectivity index (χ0n) is 8.01. The van der Waals surface area contributed by atoms with Crippen LogP contribution in [-0.4, -0.2) is 24.6 Å². The predicted octanol–water partition coefficient (Wildman–Crippen LogP) is 1.23. The van der Waals surface area contributed by atoms with E-state index in [1.165, 1.54) is 24.2 Å². The second-order valence-electron chi connectivity index (χ2n) is 3.10. The number of nitrogens with zero attached hydrogens (tertiary/aromatic N) is 1. The van der Waals surface area contributed by atoms with E-state index >= 15 is 0 Å². The minimum atomic E-state index is -1.08. The van der Waals surface area contributed by atoms with Gasteiger partial charge in [-0.15, -0.1) is 0 Å². The van der Waals surface area contributed by atoms with Crippen LogP contribution in [0.15, 0.2) is 0 Å². The van der Waals surface area contributed by atoms with E-state index in [0.717, 1.165) is 12.8 Å². The van der Waals surface area contributed by atoms with E-state index in [-0.39, 0.29) is 0 Å². The summed E-state index contributed by atoms with van der Waals surface area (Å²) >= 11 is 0. The number of carboxylic acid groups (broad SMARTS) is 1. The summed E-state index contributed by atoms with van der Waals surface area (Å²) in [5, 5.41) is 10.2. The van der Waals surface area contributed by atoms with Gasteiger partial charge in [-0.1, -0.05) is 32.6 Å². The van der Waals surface area contributed by atoms with Crippen LogP contribution < -0.4 is 5.11 Å². The molecule has 0 heterocycles. The maximum atomic E-state index is 10.2. The zero-order chi connectivity index (χ0) is 9.40. The molecule has 0 saturated heterocycles. The fourth-order valence-corrected chi connectivity index (χ4v) is 1.04. The number of hydrogen-bond acceptors (Lipinski definition) is 2. The third kappa shape index (κ3) is 6.01. The van der Waals surface area contributed by atoms with Crippen molar-refractivity contribution < 1.29 is 9.90 Å². The van der Waals surface area contributed by atoms with E-state index in [9.17, 15) is 9.90 Å². The molecule has 12 heavy (non-hydrogen) atoms. The SMILES string of the molecule is CCCCCCCN(C)C(=O)[O-]. The monoisotopic (exact) mass is 172 g/mol. The molecule has 0 fully saturated rings. The number of carbonyl (C=O) groups excluding carboxylic acids is 1. The first-order valence-electron chi connectivity index (χ1n) is 4.60. The van der Waals surface area contributed by atoms with E-state index in [1.807, 2.05) is 0 Å². The molecule has 0 aromatic heterocycles. The van der Waals surface area contributed by atoms with Crippen LogP contribution in [0.3, 0.4) is 0 Å². The highest BCUT2D eigenvalue weighted by Gasteiger charge is 1.95. The Kier molecular flexibility index (Phi) is 6.53. The van der Waals surface area contributed by atoms with Crippen molar-refractivity contribution >= 4 is 6.09 Å². The van der Waals surface area contributed by atoms with E-state index in [4.69, 9.17) is 0 Å². The lowest BCUT2D eigenvalue weighted by Crippen LogP contribution is -2.38. The van der Waals surface area contributed by atoms with E-state index in [2.05, 4.69) is 6.92 Å². The molecule has 0 aromatic rings. The first-order valence-corrected chi connectivity index (χ1v) is 4.60. The standard InChI is InChI=1S/C9H19NO2/c1-3-4-5-6-7-8-10(2)9(11)12/h3-8H2,1-2H3,(H,11,12)/p-1. The highest BCUT2D eigenvalue weighted by atomic mass is 16.4. The lowest BCUT2D eigenvalue weighted by Gasteiger charge is -2.18. The van der Waals surface area contributed by atoms with Gasteiger partial charge in [0.1, 0.15) is 6.09 Å². The van der Waals surface area contributed by atoms with Crippen molar-refractivity contribution in [2.75, 3.05) is 13.6 Å². The van der Waals surface area contributed by atoms with Crippen molar-refractivity contribution in [2.24, 2.45) is 0 Å². The lowest BCUT2D eigenvalue weighted by atomic mass is 10.1. The highest BCUT2D eigenvalue weighted by molar-refractivity contribution is 5.61. The summed E-state index contributed by atoms with van der Waals surface area (Å²) in [4.78, 5) is 11.5. The normalized spacial score (nSPS) is 9.83. The molecule has 0 aliphatic rings. The van der Waals surface area contributed by atoms with Crippen LogP contribution in [0.4, 0.5) is 4.79 Å².